The molecule has 5 rings (SSSR count). The fourth-order valence-electron chi connectivity index (χ4n) is 3.69. The van der Waals surface area contributed by atoms with E-state index in [1.165, 1.54) is 0 Å². The third-order valence-electron chi connectivity index (χ3n) is 5.14. The van der Waals surface area contributed by atoms with Gasteiger partial charge in [-0.25, -0.2) is 4.68 Å². The van der Waals surface area contributed by atoms with Crippen LogP contribution in [0.5, 0.6) is 5.75 Å². The summed E-state index contributed by atoms with van der Waals surface area (Å²) in [6.07, 6.45) is 0. The van der Waals surface area contributed by atoms with Gasteiger partial charge in [0.15, 0.2) is 5.11 Å². The van der Waals surface area contributed by atoms with E-state index in [9.17, 15) is 0 Å². The predicted octanol–water partition coefficient (Wildman–Crippen LogP) is 3.98. The fourth-order valence-corrected chi connectivity index (χ4v) is 3.91. The molecule has 0 spiro atoms. The number of fused-ring (bicyclic) bond motifs is 1. The number of rotatable bonds is 4. The lowest BCUT2D eigenvalue weighted by molar-refractivity contribution is 0.414. The number of ether oxygens (including phenoxy) is 1. The lowest BCUT2D eigenvalue weighted by Gasteiger charge is -2.32. The molecule has 2 N–H and O–H groups in total. The first-order valence-electron chi connectivity index (χ1n) is 9.56. The molecule has 0 amide bonds. The molecule has 1 atom stereocenters. The molecule has 7 heteroatoms. The van der Waals surface area contributed by atoms with Gasteiger partial charge >= 0.3 is 0 Å². The Morgan fingerprint density at radius 2 is 1.67 bits per heavy atom. The van der Waals surface area contributed by atoms with Gasteiger partial charge in [-0.05, 0) is 47.6 Å². The van der Waals surface area contributed by atoms with Gasteiger partial charge in [0.1, 0.15) is 11.3 Å². The molecule has 1 unspecified atom stereocenters. The highest BCUT2D eigenvalue weighted by atomic mass is 32.1. The summed E-state index contributed by atoms with van der Waals surface area (Å²) in [6.45, 7) is 0. The molecule has 6 nitrogen and oxygen atoms in total. The summed E-state index contributed by atoms with van der Waals surface area (Å²) < 4.78 is 7.21. The standard InChI is InChI=1S/C23H19N5OS/c1-29-17-13-11-16(12-14-17)21-22(28-19-10-6-5-9-18(19)26-27-28)20(24-23(30)25-21)15-7-3-2-4-8-15/h2-14,21H,1H3,(H2,24,25,30). The smallest absolute Gasteiger partial charge is 0.171 e. The number of nitrogens with zero attached hydrogens (tertiary/aromatic N) is 3. The molecule has 0 saturated carbocycles. The summed E-state index contributed by atoms with van der Waals surface area (Å²) in [5.41, 5.74) is 5.65. The van der Waals surface area contributed by atoms with E-state index in [1.54, 1.807) is 7.11 Å². The van der Waals surface area contributed by atoms with E-state index in [4.69, 9.17) is 17.0 Å². The van der Waals surface area contributed by atoms with Crippen molar-refractivity contribution in [3.63, 3.8) is 0 Å². The van der Waals surface area contributed by atoms with Crippen molar-refractivity contribution in [3.8, 4) is 5.75 Å². The van der Waals surface area contributed by atoms with Crippen molar-refractivity contribution >= 4 is 39.8 Å². The molecule has 0 bridgehead atoms. The van der Waals surface area contributed by atoms with E-state index in [0.717, 1.165) is 39.3 Å². The van der Waals surface area contributed by atoms with Crippen LogP contribution < -0.4 is 15.4 Å². The summed E-state index contributed by atoms with van der Waals surface area (Å²) in [7, 11) is 1.66. The van der Waals surface area contributed by atoms with Crippen LogP contribution in [0.4, 0.5) is 0 Å². The topological polar surface area (TPSA) is 64.0 Å². The Bertz CT molecular complexity index is 1250. The molecule has 30 heavy (non-hydrogen) atoms. The van der Waals surface area contributed by atoms with Crippen LogP contribution in [0.25, 0.3) is 22.4 Å². The first-order chi connectivity index (χ1) is 14.7. The number of hydrogen-bond acceptors (Lipinski definition) is 4. The second-order valence-corrected chi connectivity index (χ2v) is 7.33. The van der Waals surface area contributed by atoms with E-state index in [1.807, 2.05) is 71.4 Å². The van der Waals surface area contributed by atoms with E-state index in [0.29, 0.717) is 5.11 Å². The summed E-state index contributed by atoms with van der Waals surface area (Å²) in [4.78, 5) is 0. The van der Waals surface area contributed by atoms with Crippen molar-refractivity contribution in [1.82, 2.24) is 25.6 Å². The average molecular weight is 414 g/mol. The van der Waals surface area contributed by atoms with Gasteiger partial charge in [0.25, 0.3) is 0 Å². The van der Waals surface area contributed by atoms with Gasteiger partial charge in [0.2, 0.25) is 0 Å². The zero-order chi connectivity index (χ0) is 20.5. The highest BCUT2D eigenvalue weighted by molar-refractivity contribution is 7.80. The van der Waals surface area contributed by atoms with Crippen molar-refractivity contribution < 1.29 is 4.74 Å². The van der Waals surface area contributed by atoms with Gasteiger partial charge in [-0.2, -0.15) is 0 Å². The molecule has 1 aromatic heterocycles. The highest BCUT2D eigenvalue weighted by Crippen LogP contribution is 2.36. The first-order valence-corrected chi connectivity index (χ1v) is 9.97. The van der Waals surface area contributed by atoms with E-state index >= 15 is 0 Å². The minimum absolute atomic E-state index is 0.218. The number of aromatic nitrogens is 3. The van der Waals surface area contributed by atoms with Crippen molar-refractivity contribution in [2.24, 2.45) is 0 Å². The largest absolute Gasteiger partial charge is 0.497 e. The number of hydrogen-bond donors (Lipinski definition) is 2. The fraction of sp³-hybridized carbons (Fsp3) is 0.0870. The molecule has 4 aromatic rings. The van der Waals surface area contributed by atoms with Crippen LogP contribution in [0.15, 0.2) is 78.9 Å². The van der Waals surface area contributed by atoms with Gasteiger partial charge in [-0.15, -0.1) is 5.10 Å². The lowest BCUT2D eigenvalue weighted by Crippen LogP contribution is -2.44. The van der Waals surface area contributed by atoms with Crippen molar-refractivity contribution in [2.75, 3.05) is 7.11 Å². The molecule has 0 aliphatic carbocycles. The number of methoxy groups -OCH3 is 1. The molecule has 3 aromatic carbocycles. The van der Waals surface area contributed by atoms with Crippen molar-refractivity contribution in [1.29, 1.82) is 0 Å². The summed E-state index contributed by atoms with van der Waals surface area (Å²) in [5, 5.41) is 16.2. The Morgan fingerprint density at radius 1 is 0.933 bits per heavy atom. The molecule has 1 aliphatic rings. The zero-order valence-corrected chi connectivity index (χ0v) is 17.1. The second kappa shape index (κ2) is 7.61. The van der Waals surface area contributed by atoms with Crippen molar-refractivity contribution in [3.05, 3.63) is 90.0 Å². The van der Waals surface area contributed by atoms with Gasteiger partial charge in [0.05, 0.1) is 30.1 Å². The Balaban J connectivity index is 1.77. The van der Waals surface area contributed by atoms with Crippen LogP contribution in [0, 0.1) is 0 Å². The molecule has 0 radical (unpaired) electrons. The van der Waals surface area contributed by atoms with Gasteiger partial charge in [0, 0.05) is 0 Å². The van der Waals surface area contributed by atoms with E-state index in [-0.39, 0.29) is 6.04 Å². The minimum atomic E-state index is -0.218. The van der Waals surface area contributed by atoms with Gasteiger partial charge < -0.3 is 15.4 Å². The monoisotopic (exact) mass is 413 g/mol. The van der Waals surface area contributed by atoms with Gasteiger partial charge in [-0.1, -0.05) is 59.8 Å². The predicted molar refractivity (Wildman–Crippen MR) is 122 cm³/mol. The average Bonchev–Trinajstić information content (AvgIpc) is 3.23. The van der Waals surface area contributed by atoms with Crippen LogP contribution in [0.1, 0.15) is 17.2 Å². The normalized spacial score (nSPS) is 16.3. The van der Waals surface area contributed by atoms with Crippen LogP contribution >= 0.6 is 12.2 Å². The molecule has 1 aliphatic heterocycles. The van der Waals surface area contributed by atoms with Crippen LogP contribution in [0.3, 0.4) is 0 Å². The second-order valence-electron chi connectivity index (χ2n) is 6.92. The summed E-state index contributed by atoms with van der Waals surface area (Å²) in [6, 6.07) is 25.8. The summed E-state index contributed by atoms with van der Waals surface area (Å²) in [5.74, 6) is 0.801. The quantitative estimate of drug-likeness (QED) is 0.494. The number of nitrogens with one attached hydrogen (secondary N) is 2. The van der Waals surface area contributed by atoms with Crippen LogP contribution in [0.2, 0.25) is 0 Å². The maximum Gasteiger partial charge on any atom is 0.171 e. The molecule has 2 heterocycles. The Hall–Kier alpha value is -3.71. The Kier molecular flexibility index (Phi) is 4.65. The minimum Gasteiger partial charge on any atom is -0.497 e. The molecule has 0 saturated heterocycles. The third kappa shape index (κ3) is 3.19. The molecular formula is C23H19N5OS. The maximum atomic E-state index is 5.56. The highest BCUT2D eigenvalue weighted by Gasteiger charge is 2.30. The number of para-hydroxylation sites is 1. The van der Waals surface area contributed by atoms with Crippen molar-refractivity contribution in [2.45, 2.75) is 6.04 Å². The molecule has 0 fully saturated rings. The maximum absolute atomic E-state index is 5.56. The molecular weight excluding hydrogens is 394 g/mol. The Labute approximate surface area is 179 Å². The van der Waals surface area contributed by atoms with Crippen LogP contribution in [-0.4, -0.2) is 27.2 Å². The van der Waals surface area contributed by atoms with E-state index < -0.39 is 0 Å². The SMILES string of the molecule is COc1ccc(C2NC(=S)NC(c3ccccc3)=C2n2nnc3ccccc32)cc1. The number of benzene rings is 3. The lowest BCUT2D eigenvalue weighted by atomic mass is 9.97. The number of thiocarbonyl (C=S) groups is 1. The Morgan fingerprint density at radius 3 is 2.43 bits per heavy atom. The van der Waals surface area contributed by atoms with Crippen LogP contribution in [-0.2, 0) is 0 Å². The van der Waals surface area contributed by atoms with E-state index in [2.05, 4.69) is 33.1 Å². The zero-order valence-electron chi connectivity index (χ0n) is 16.2. The molecule has 148 valence electrons. The summed E-state index contributed by atoms with van der Waals surface area (Å²) >= 11 is 5.56. The van der Waals surface area contributed by atoms with Gasteiger partial charge in [-0.3, -0.25) is 0 Å². The third-order valence-corrected chi connectivity index (χ3v) is 5.36. The first kappa shape index (κ1) is 18.3.